The maximum absolute atomic E-state index is 11.6. The number of hydrogen-bond donors (Lipinski definition) is 0. The third kappa shape index (κ3) is 2.84. The van der Waals surface area contributed by atoms with Crippen molar-refractivity contribution >= 4 is 6.09 Å². The Balaban J connectivity index is 2.10. The normalized spacial score (nSPS) is 18.2. The van der Waals surface area contributed by atoms with Crippen LogP contribution in [0.25, 0.3) is 0 Å². The molecule has 1 saturated heterocycles. The van der Waals surface area contributed by atoms with E-state index in [0.717, 1.165) is 24.8 Å². The third-order valence-corrected chi connectivity index (χ3v) is 2.91. The molecule has 1 aromatic rings. The molecule has 18 heavy (non-hydrogen) atoms. The molecule has 0 spiro atoms. The van der Waals surface area contributed by atoms with E-state index >= 15 is 0 Å². The highest BCUT2D eigenvalue weighted by Gasteiger charge is 2.33. The molecular weight excluding hydrogens is 226 g/mol. The van der Waals surface area contributed by atoms with E-state index < -0.39 is 0 Å². The van der Waals surface area contributed by atoms with Crippen LogP contribution in [-0.2, 0) is 4.74 Å². The summed E-state index contributed by atoms with van der Waals surface area (Å²) in [6.45, 7) is 2.50. The molecule has 3 heteroatoms. The van der Waals surface area contributed by atoms with Crippen LogP contribution in [0.15, 0.2) is 30.3 Å². The molecule has 1 fully saturated rings. The minimum absolute atomic E-state index is 0.0761. The summed E-state index contributed by atoms with van der Waals surface area (Å²) in [5, 5.41) is 0. The molecule has 0 bridgehead atoms. The molecule has 1 amide bonds. The highest BCUT2D eigenvalue weighted by atomic mass is 16.6. The van der Waals surface area contributed by atoms with E-state index in [9.17, 15) is 4.79 Å². The van der Waals surface area contributed by atoms with E-state index in [0.29, 0.717) is 6.61 Å². The number of cyclic esters (lactones) is 1. The maximum atomic E-state index is 11.6. The monoisotopic (exact) mass is 243 g/mol. The fourth-order valence-corrected chi connectivity index (χ4v) is 1.87. The van der Waals surface area contributed by atoms with Gasteiger partial charge in [-0.15, -0.1) is 0 Å². The number of carbonyl (C=O) groups excluding carboxylic acids is 1. The van der Waals surface area contributed by atoms with Gasteiger partial charge in [-0.2, -0.15) is 0 Å². The first-order valence-corrected chi connectivity index (χ1v) is 6.32. The van der Waals surface area contributed by atoms with Gasteiger partial charge in [0.05, 0.1) is 0 Å². The Labute approximate surface area is 108 Å². The second-order valence-electron chi connectivity index (χ2n) is 4.27. The zero-order valence-electron chi connectivity index (χ0n) is 10.6. The Hall–Kier alpha value is -1.95. The molecule has 1 atom stereocenters. The van der Waals surface area contributed by atoms with Gasteiger partial charge in [0.1, 0.15) is 12.6 Å². The van der Waals surface area contributed by atoms with Gasteiger partial charge in [0.15, 0.2) is 0 Å². The standard InChI is InChI=1S/C15H17NO2/c1-2-3-4-8-11-16-14(12-18-15(16)17)13-9-6-5-7-10-13/h5-7,9-10,14H,2-4,12H2,1H3/t14-/m1/s1. The highest BCUT2D eigenvalue weighted by molar-refractivity contribution is 5.72. The van der Waals surface area contributed by atoms with Gasteiger partial charge in [0.2, 0.25) is 0 Å². The molecule has 1 aliphatic heterocycles. The van der Waals surface area contributed by atoms with Crippen molar-refractivity contribution in [1.29, 1.82) is 0 Å². The van der Waals surface area contributed by atoms with Crippen LogP contribution < -0.4 is 0 Å². The van der Waals surface area contributed by atoms with E-state index in [1.165, 1.54) is 4.90 Å². The van der Waals surface area contributed by atoms with Crippen LogP contribution in [0, 0.1) is 12.0 Å². The summed E-state index contributed by atoms with van der Waals surface area (Å²) in [4.78, 5) is 13.1. The van der Waals surface area contributed by atoms with Crippen molar-refractivity contribution in [3.63, 3.8) is 0 Å². The van der Waals surface area contributed by atoms with Gasteiger partial charge in [0, 0.05) is 12.5 Å². The first kappa shape index (κ1) is 12.5. The summed E-state index contributed by atoms with van der Waals surface area (Å²) in [6.07, 6.45) is 2.66. The Kier molecular flexibility index (Phi) is 4.25. The first-order valence-electron chi connectivity index (χ1n) is 6.32. The molecule has 0 saturated carbocycles. The lowest BCUT2D eigenvalue weighted by atomic mass is 10.1. The van der Waals surface area contributed by atoms with Crippen molar-refractivity contribution in [3.8, 4) is 12.0 Å². The summed E-state index contributed by atoms with van der Waals surface area (Å²) in [6, 6.07) is 12.7. The van der Waals surface area contributed by atoms with Crippen molar-refractivity contribution in [2.24, 2.45) is 0 Å². The fourth-order valence-electron chi connectivity index (χ4n) is 1.87. The lowest BCUT2D eigenvalue weighted by Crippen LogP contribution is -2.22. The molecule has 1 heterocycles. The van der Waals surface area contributed by atoms with Crippen LogP contribution in [0.4, 0.5) is 4.79 Å². The molecule has 0 aliphatic carbocycles. The van der Waals surface area contributed by atoms with Crippen molar-refractivity contribution in [1.82, 2.24) is 4.90 Å². The van der Waals surface area contributed by atoms with Crippen molar-refractivity contribution in [2.45, 2.75) is 32.2 Å². The summed E-state index contributed by atoms with van der Waals surface area (Å²) in [5.41, 5.74) is 1.06. The predicted octanol–water partition coefficient (Wildman–Crippen LogP) is 3.33. The summed E-state index contributed by atoms with van der Waals surface area (Å²) < 4.78 is 5.07. The van der Waals surface area contributed by atoms with Crippen molar-refractivity contribution in [2.75, 3.05) is 6.61 Å². The van der Waals surface area contributed by atoms with Gasteiger partial charge in [-0.3, -0.25) is 0 Å². The van der Waals surface area contributed by atoms with E-state index in [1.807, 2.05) is 30.3 Å². The molecule has 1 aromatic carbocycles. The maximum Gasteiger partial charge on any atom is 0.422 e. The fraction of sp³-hybridized carbons (Fsp3) is 0.400. The Morgan fingerprint density at radius 3 is 2.89 bits per heavy atom. The van der Waals surface area contributed by atoms with Gasteiger partial charge in [-0.1, -0.05) is 49.6 Å². The molecule has 1 aliphatic rings. The number of nitrogens with zero attached hydrogens (tertiary/aromatic N) is 1. The van der Waals surface area contributed by atoms with Gasteiger partial charge in [-0.05, 0) is 12.0 Å². The van der Waals surface area contributed by atoms with E-state index in [1.54, 1.807) is 0 Å². The molecular formula is C15H17NO2. The molecule has 0 unspecified atom stereocenters. The zero-order chi connectivity index (χ0) is 12.8. The Morgan fingerprint density at radius 2 is 2.17 bits per heavy atom. The molecule has 3 nitrogen and oxygen atoms in total. The zero-order valence-corrected chi connectivity index (χ0v) is 10.6. The lowest BCUT2D eigenvalue weighted by molar-refractivity contribution is 0.167. The van der Waals surface area contributed by atoms with Crippen LogP contribution in [0.5, 0.6) is 0 Å². The summed E-state index contributed by atoms with van der Waals surface area (Å²) >= 11 is 0. The number of ether oxygens (including phenoxy) is 1. The minimum atomic E-state index is -0.340. The molecule has 0 radical (unpaired) electrons. The van der Waals surface area contributed by atoms with Gasteiger partial charge < -0.3 is 4.74 Å². The topological polar surface area (TPSA) is 29.5 Å². The summed E-state index contributed by atoms with van der Waals surface area (Å²) in [7, 11) is 0. The molecule has 94 valence electrons. The van der Waals surface area contributed by atoms with Crippen LogP contribution in [-0.4, -0.2) is 17.6 Å². The molecule has 0 aromatic heterocycles. The number of benzene rings is 1. The van der Waals surface area contributed by atoms with Crippen LogP contribution in [0.1, 0.15) is 37.8 Å². The molecule has 2 rings (SSSR count). The van der Waals surface area contributed by atoms with Crippen molar-refractivity contribution in [3.05, 3.63) is 35.9 Å². The Morgan fingerprint density at radius 1 is 1.39 bits per heavy atom. The molecule has 0 N–H and O–H groups in total. The number of hydrogen-bond acceptors (Lipinski definition) is 2. The van der Waals surface area contributed by atoms with Gasteiger partial charge in [-0.25, -0.2) is 9.69 Å². The van der Waals surface area contributed by atoms with E-state index in [2.05, 4.69) is 18.9 Å². The SMILES string of the molecule is CCCCC#CN1C(=O)OC[C@@H]1c1ccccc1. The van der Waals surface area contributed by atoms with Crippen LogP contribution in [0.2, 0.25) is 0 Å². The lowest BCUT2D eigenvalue weighted by Gasteiger charge is -2.14. The van der Waals surface area contributed by atoms with E-state index in [-0.39, 0.29) is 12.1 Å². The second-order valence-corrected chi connectivity index (χ2v) is 4.27. The number of rotatable bonds is 3. The first-order chi connectivity index (χ1) is 8.83. The average molecular weight is 243 g/mol. The van der Waals surface area contributed by atoms with Crippen molar-refractivity contribution < 1.29 is 9.53 Å². The average Bonchev–Trinajstić information content (AvgIpc) is 2.77. The minimum Gasteiger partial charge on any atom is -0.446 e. The quantitative estimate of drug-likeness (QED) is 0.602. The van der Waals surface area contributed by atoms with Gasteiger partial charge >= 0.3 is 6.09 Å². The van der Waals surface area contributed by atoms with Gasteiger partial charge in [0.25, 0.3) is 0 Å². The predicted molar refractivity (Wildman–Crippen MR) is 69.7 cm³/mol. The van der Waals surface area contributed by atoms with Crippen LogP contribution >= 0.6 is 0 Å². The second kappa shape index (κ2) is 6.11. The van der Waals surface area contributed by atoms with E-state index in [4.69, 9.17) is 4.74 Å². The number of unbranched alkanes of at least 4 members (excludes halogenated alkanes) is 2. The number of carbonyl (C=O) groups is 1. The number of amides is 1. The third-order valence-electron chi connectivity index (χ3n) is 2.91. The Bertz CT molecular complexity index is 458. The smallest absolute Gasteiger partial charge is 0.422 e. The largest absolute Gasteiger partial charge is 0.446 e. The van der Waals surface area contributed by atoms with Crippen LogP contribution in [0.3, 0.4) is 0 Å². The summed E-state index contributed by atoms with van der Waals surface area (Å²) in [5.74, 6) is 3.03. The highest BCUT2D eigenvalue weighted by Crippen LogP contribution is 2.26.